The van der Waals surface area contributed by atoms with Gasteiger partial charge in [-0.25, -0.2) is 9.97 Å². The molecule has 0 radical (unpaired) electrons. The second kappa shape index (κ2) is 5.10. The Hall–Kier alpha value is -1.40. The van der Waals surface area contributed by atoms with E-state index in [4.69, 9.17) is 4.98 Å². The molecule has 0 aliphatic carbocycles. The summed E-state index contributed by atoms with van der Waals surface area (Å²) >= 11 is 5.29. The third-order valence-corrected chi connectivity index (χ3v) is 5.52. The van der Waals surface area contributed by atoms with Crippen LogP contribution in [0.4, 0.5) is 5.13 Å². The van der Waals surface area contributed by atoms with Crippen molar-refractivity contribution < 1.29 is 0 Å². The molecule has 3 aromatic rings. The topological polar surface area (TPSA) is 34.0 Å². The smallest absolute Gasteiger partial charge is 0.186 e. The summed E-state index contributed by atoms with van der Waals surface area (Å²) in [6.45, 7) is 5.28. The molecule has 3 heterocycles. The number of nitrogens with zero attached hydrogens (tertiary/aromatic N) is 4. The summed E-state index contributed by atoms with van der Waals surface area (Å²) in [5.74, 6) is 1.79. The Labute approximate surface area is 135 Å². The number of hydrogen-bond donors (Lipinski definition) is 0. The number of halogens is 1. The lowest BCUT2D eigenvalue weighted by atomic mass is 10.0. The van der Waals surface area contributed by atoms with Crippen LogP contribution >= 0.6 is 27.3 Å². The van der Waals surface area contributed by atoms with Crippen LogP contribution in [0.5, 0.6) is 0 Å². The molecule has 1 aliphatic heterocycles. The Balaban J connectivity index is 1.45. The number of imidazole rings is 1. The Bertz CT molecular complexity index is 788. The van der Waals surface area contributed by atoms with Gasteiger partial charge in [-0.2, -0.15) is 0 Å². The minimum Gasteiger partial charge on any atom is -0.347 e. The Morgan fingerprint density at radius 1 is 1.38 bits per heavy atom. The van der Waals surface area contributed by atoms with Gasteiger partial charge in [0.15, 0.2) is 5.13 Å². The van der Waals surface area contributed by atoms with Gasteiger partial charge < -0.3 is 9.47 Å². The van der Waals surface area contributed by atoms with Gasteiger partial charge in [-0.15, -0.1) is 0 Å². The molecule has 0 atom stereocenters. The first kappa shape index (κ1) is 13.3. The van der Waals surface area contributed by atoms with Crippen molar-refractivity contribution in [3.05, 3.63) is 40.9 Å². The van der Waals surface area contributed by atoms with Crippen molar-refractivity contribution in [1.29, 1.82) is 0 Å². The molecule has 0 bridgehead atoms. The number of benzene rings is 1. The zero-order valence-electron chi connectivity index (χ0n) is 11.7. The number of fused-ring (bicyclic) bond motifs is 1. The number of aryl methyl sites for hydroxylation is 1. The third-order valence-electron chi connectivity index (χ3n) is 3.95. The van der Waals surface area contributed by atoms with Crippen LogP contribution in [0.25, 0.3) is 10.2 Å². The zero-order valence-corrected chi connectivity index (χ0v) is 14.1. The van der Waals surface area contributed by atoms with E-state index in [2.05, 4.69) is 55.6 Å². The van der Waals surface area contributed by atoms with Crippen molar-refractivity contribution in [2.24, 2.45) is 5.92 Å². The van der Waals surface area contributed by atoms with Crippen molar-refractivity contribution in [3.63, 3.8) is 0 Å². The molecule has 1 aromatic carbocycles. The maximum atomic E-state index is 4.73. The molecule has 1 aliphatic rings. The summed E-state index contributed by atoms with van der Waals surface area (Å²) in [5, 5.41) is 1.14. The summed E-state index contributed by atoms with van der Waals surface area (Å²) in [6.07, 6.45) is 3.93. The molecule has 6 heteroatoms. The molecule has 0 unspecified atom stereocenters. The average Bonchev–Trinajstić information content (AvgIpc) is 2.99. The fourth-order valence-electron chi connectivity index (χ4n) is 2.74. The van der Waals surface area contributed by atoms with Crippen LogP contribution in [0, 0.1) is 12.8 Å². The van der Waals surface area contributed by atoms with Gasteiger partial charge >= 0.3 is 0 Å². The SMILES string of the molecule is Cc1nccn1CC1CN(c2nc3ccc(Br)cc3s2)C1. The van der Waals surface area contributed by atoms with E-state index in [-0.39, 0.29) is 0 Å². The largest absolute Gasteiger partial charge is 0.347 e. The van der Waals surface area contributed by atoms with Gasteiger partial charge in [0.05, 0.1) is 10.2 Å². The average molecular weight is 363 g/mol. The normalized spacial score (nSPS) is 15.6. The molecule has 0 N–H and O–H groups in total. The Kier molecular flexibility index (Phi) is 3.23. The standard InChI is InChI=1S/C15H15BrN4S/c1-10-17-4-5-19(10)7-11-8-20(9-11)15-18-13-3-2-12(16)6-14(13)21-15/h2-6,11H,7-9H2,1H3. The third kappa shape index (κ3) is 2.46. The minimum atomic E-state index is 0.691. The summed E-state index contributed by atoms with van der Waals surface area (Å²) in [4.78, 5) is 11.4. The Morgan fingerprint density at radius 2 is 2.24 bits per heavy atom. The van der Waals surface area contributed by atoms with Crippen molar-refractivity contribution in [1.82, 2.24) is 14.5 Å². The molecule has 4 nitrogen and oxygen atoms in total. The van der Waals surface area contributed by atoms with Crippen LogP contribution < -0.4 is 4.90 Å². The predicted octanol–water partition coefficient (Wildman–Crippen LogP) is 3.70. The van der Waals surface area contributed by atoms with Gasteiger partial charge in [0.25, 0.3) is 0 Å². The van der Waals surface area contributed by atoms with E-state index in [1.54, 1.807) is 11.3 Å². The second-order valence-corrected chi connectivity index (χ2v) is 7.43. The second-order valence-electron chi connectivity index (χ2n) is 5.51. The van der Waals surface area contributed by atoms with Crippen molar-refractivity contribution in [3.8, 4) is 0 Å². The molecular weight excluding hydrogens is 348 g/mol. The van der Waals surface area contributed by atoms with Crippen molar-refractivity contribution >= 4 is 42.6 Å². The number of hydrogen-bond acceptors (Lipinski definition) is 4. The van der Waals surface area contributed by atoms with Gasteiger partial charge in [-0.05, 0) is 25.1 Å². The molecule has 21 heavy (non-hydrogen) atoms. The van der Waals surface area contributed by atoms with Crippen LogP contribution in [0.15, 0.2) is 35.1 Å². The van der Waals surface area contributed by atoms with Gasteiger partial charge in [0.1, 0.15) is 5.82 Å². The molecule has 1 fully saturated rings. The summed E-state index contributed by atoms with van der Waals surface area (Å²) in [5.41, 5.74) is 1.09. The molecule has 2 aromatic heterocycles. The molecular formula is C15H15BrN4S. The van der Waals surface area contributed by atoms with E-state index in [0.29, 0.717) is 5.92 Å². The highest BCUT2D eigenvalue weighted by molar-refractivity contribution is 9.10. The summed E-state index contributed by atoms with van der Waals surface area (Å²) in [7, 11) is 0. The number of rotatable bonds is 3. The fraction of sp³-hybridized carbons (Fsp3) is 0.333. The van der Waals surface area contributed by atoms with Crippen LogP contribution in [0.1, 0.15) is 5.82 Å². The maximum absolute atomic E-state index is 4.73. The highest BCUT2D eigenvalue weighted by Crippen LogP contribution is 2.34. The summed E-state index contributed by atoms with van der Waals surface area (Å²) in [6, 6.07) is 6.26. The van der Waals surface area contributed by atoms with Crippen molar-refractivity contribution in [2.75, 3.05) is 18.0 Å². The Morgan fingerprint density at radius 3 is 3.00 bits per heavy atom. The van der Waals surface area contributed by atoms with E-state index >= 15 is 0 Å². The number of aromatic nitrogens is 3. The van der Waals surface area contributed by atoms with E-state index in [1.165, 1.54) is 4.70 Å². The first-order valence-electron chi connectivity index (χ1n) is 6.98. The number of thiazole rings is 1. The fourth-order valence-corrected chi connectivity index (χ4v) is 4.27. The van der Waals surface area contributed by atoms with E-state index < -0.39 is 0 Å². The quantitative estimate of drug-likeness (QED) is 0.712. The summed E-state index contributed by atoms with van der Waals surface area (Å²) < 4.78 is 4.59. The number of anilines is 1. The molecule has 0 spiro atoms. The van der Waals surface area contributed by atoms with E-state index in [1.807, 2.05) is 12.3 Å². The van der Waals surface area contributed by atoms with Gasteiger partial charge in [-0.3, -0.25) is 0 Å². The van der Waals surface area contributed by atoms with Crippen LogP contribution in [0.3, 0.4) is 0 Å². The van der Waals surface area contributed by atoms with Crippen molar-refractivity contribution in [2.45, 2.75) is 13.5 Å². The van der Waals surface area contributed by atoms with Crippen LogP contribution in [-0.4, -0.2) is 27.6 Å². The van der Waals surface area contributed by atoms with Gasteiger partial charge in [0, 0.05) is 42.4 Å². The maximum Gasteiger partial charge on any atom is 0.186 e. The molecule has 4 rings (SSSR count). The van der Waals surface area contributed by atoms with Gasteiger partial charge in [0.2, 0.25) is 0 Å². The first-order chi connectivity index (χ1) is 10.2. The minimum absolute atomic E-state index is 0.691. The molecule has 0 amide bonds. The van der Waals surface area contributed by atoms with Crippen LogP contribution in [-0.2, 0) is 6.54 Å². The highest BCUT2D eigenvalue weighted by Gasteiger charge is 2.29. The van der Waals surface area contributed by atoms with E-state index in [0.717, 1.165) is 40.6 Å². The lowest BCUT2D eigenvalue weighted by Crippen LogP contribution is -2.48. The molecule has 1 saturated heterocycles. The highest BCUT2D eigenvalue weighted by atomic mass is 79.9. The van der Waals surface area contributed by atoms with E-state index in [9.17, 15) is 0 Å². The monoisotopic (exact) mass is 362 g/mol. The van der Waals surface area contributed by atoms with Crippen LogP contribution in [0.2, 0.25) is 0 Å². The molecule has 108 valence electrons. The van der Waals surface area contributed by atoms with Gasteiger partial charge in [-0.1, -0.05) is 27.3 Å². The lowest BCUT2D eigenvalue weighted by molar-refractivity contribution is 0.354. The molecule has 0 saturated carbocycles. The lowest BCUT2D eigenvalue weighted by Gasteiger charge is -2.39. The zero-order chi connectivity index (χ0) is 14.4. The predicted molar refractivity (Wildman–Crippen MR) is 90.0 cm³/mol. The first-order valence-corrected chi connectivity index (χ1v) is 8.59.